The summed E-state index contributed by atoms with van der Waals surface area (Å²) in [6, 6.07) is 4.61. The molecule has 3 rings (SSSR count). The lowest BCUT2D eigenvalue weighted by molar-refractivity contribution is -0.117. The van der Waals surface area contributed by atoms with Crippen LogP contribution in [0, 0.1) is 5.92 Å². The molecular formula is C15H19N3O6S. The number of likely N-dealkylation sites (tertiary alicyclic amines) is 1. The lowest BCUT2D eigenvalue weighted by Gasteiger charge is -2.30. The molecule has 2 aliphatic heterocycles. The standard InChI is InChI=1S/C15H19N3O6S/c19-13-7-10(6-11-2-1-5-17(8-11)15(21)22)3-4-12(13)18-9-14(20)16-25(18,23)24/h3-4,7,11,19H,1-2,5-6,8-9H2,(H,16,20)(H,21,22). The van der Waals surface area contributed by atoms with Gasteiger partial charge in [0.1, 0.15) is 12.3 Å². The van der Waals surface area contributed by atoms with Gasteiger partial charge < -0.3 is 15.1 Å². The summed E-state index contributed by atoms with van der Waals surface area (Å²) in [4.78, 5) is 23.8. The zero-order chi connectivity index (χ0) is 18.2. The Kier molecular flexibility index (Phi) is 4.46. The summed E-state index contributed by atoms with van der Waals surface area (Å²) in [5, 5.41) is 19.3. The average Bonchev–Trinajstić information content (AvgIpc) is 2.80. The van der Waals surface area contributed by atoms with Gasteiger partial charge in [0.15, 0.2) is 0 Å². The molecule has 25 heavy (non-hydrogen) atoms. The van der Waals surface area contributed by atoms with Crippen LogP contribution in [0.4, 0.5) is 10.5 Å². The summed E-state index contributed by atoms with van der Waals surface area (Å²) >= 11 is 0. The van der Waals surface area contributed by atoms with Gasteiger partial charge in [-0.25, -0.2) is 13.8 Å². The van der Waals surface area contributed by atoms with Gasteiger partial charge in [-0.3, -0.25) is 4.79 Å². The number of piperidine rings is 1. The van der Waals surface area contributed by atoms with Gasteiger partial charge in [-0.05, 0) is 42.9 Å². The van der Waals surface area contributed by atoms with Gasteiger partial charge in [0.25, 0.3) is 5.91 Å². The second-order valence-corrected chi connectivity index (χ2v) is 7.90. The molecular weight excluding hydrogens is 350 g/mol. The maximum atomic E-state index is 11.8. The van der Waals surface area contributed by atoms with E-state index in [1.807, 2.05) is 4.72 Å². The van der Waals surface area contributed by atoms with Gasteiger partial charge in [0.2, 0.25) is 0 Å². The van der Waals surface area contributed by atoms with Crippen LogP contribution in [0.3, 0.4) is 0 Å². The van der Waals surface area contributed by atoms with Crippen molar-refractivity contribution >= 4 is 27.9 Å². The average molecular weight is 369 g/mol. The fourth-order valence-electron chi connectivity index (χ4n) is 3.31. The minimum Gasteiger partial charge on any atom is -0.506 e. The molecule has 1 aromatic rings. The second kappa shape index (κ2) is 6.43. The molecule has 0 spiro atoms. The van der Waals surface area contributed by atoms with Gasteiger partial charge in [-0.2, -0.15) is 8.42 Å². The minimum atomic E-state index is -3.97. The number of amides is 2. The van der Waals surface area contributed by atoms with Gasteiger partial charge >= 0.3 is 16.3 Å². The van der Waals surface area contributed by atoms with Crippen molar-refractivity contribution in [2.45, 2.75) is 19.3 Å². The number of rotatable bonds is 3. The van der Waals surface area contributed by atoms with Crippen LogP contribution in [-0.2, 0) is 21.4 Å². The van der Waals surface area contributed by atoms with Crippen LogP contribution in [-0.4, -0.2) is 55.2 Å². The van der Waals surface area contributed by atoms with Crippen molar-refractivity contribution in [3.8, 4) is 5.75 Å². The third kappa shape index (κ3) is 3.63. The first kappa shape index (κ1) is 17.3. The van der Waals surface area contributed by atoms with Crippen molar-refractivity contribution in [2.75, 3.05) is 23.9 Å². The molecule has 2 saturated heterocycles. The molecule has 1 atom stereocenters. The van der Waals surface area contributed by atoms with E-state index < -0.39 is 22.2 Å². The Labute approximate surface area is 145 Å². The van der Waals surface area contributed by atoms with E-state index in [4.69, 9.17) is 5.11 Å². The Balaban J connectivity index is 1.74. The lowest BCUT2D eigenvalue weighted by atomic mass is 9.91. The van der Waals surface area contributed by atoms with Crippen molar-refractivity contribution in [2.24, 2.45) is 5.92 Å². The molecule has 9 nitrogen and oxygen atoms in total. The largest absolute Gasteiger partial charge is 0.506 e. The highest BCUT2D eigenvalue weighted by Gasteiger charge is 2.35. The molecule has 0 saturated carbocycles. The third-order valence-corrected chi connectivity index (χ3v) is 5.83. The number of carbonyl (C=O) groups excluding carboxylic acids is 1. The smallest absolute Gasteiger partial charge is 0.407 e. The molecule has 2 amide bonds. The maximum absolute atomic E-state index is 11.8. The number of phenolic OH excluding ortho intramolecular Hbond substituents is 1. The first-order valence-corrected chi connectivity index (χ1v) is 9.33. The van der Waals surface area contributed by atoms with Gasteiger partial charge in [-0.15, -0.1) is 0 Å². The van der Waals surface area contributed by atoms with E-state index in [1.165, 1.54) is 17.0 Å². The molecule has 136 valence electrons. The first-order chi connectivity index (χ1) is 11.8. The van der Waals surface area contributed by atoms with Crippen LogP contribution in [0.25, 0.3) is 0 Å². The zero-order valence-electron chi connectivity index (χ0n) is 13.4. The van der Waals surface area contributed by atoms with Crippen LogP contribution in [0.15, 0.2) is 18.2 Å². The topological polar surface area (TPSA) is 127 Å². The minimum absolute atomic E-state index is 0.0397. The van der Waals surface area contributed by atoms with Gasteiger partial charge in [-0.1, -0.05) is 6.07 Å². The number of benzene rings is 1. The van der Waals surface area contributed by atoms with Crippen molar-refractivity contribution < 1.29 is 28.2 Å². The molecule has 3 N–H and O–H groups in total. The summed E-state index contributed by atoms with van der Waals surface area (Å²) in [5.41, 5.74) is 0.826. The Hall–Kier alpha value is -2.49. The number of carboxylic acid groups (broad SMARTS) is 1. The van der Waals surface area contributed by atoms with Crippen LogP contribution >= 0.6 is 0 Å². The van der Waals surface area contributed by atoms with E-state index in [0.29, 0.717) is 19.5 Å². The number of nitrogens with zero attached hydrogens (tertiary/aromatic N) is 2. The molecule has 2 aliphatic rings. The molecule has 1 unspecified atom stereocenters. The molecule has 2 fully saturated rings. The van der Waals surface area contributed by atoms with E-state index in [-0.39, 0.29) is 23.9 Å². The number of nitrogens with one attached hydrogen (secondary N) is 1. The fourth-order valence-corrected chi connectivity index (χ4v) is 4.47. The second-order valence-electron chi connectivity index (χ2n) is 6.30. The SMILES string of the molecule is O=C1CN(c2ccc(CC3CCCN(C(=O)O)C3)cc2O)S(=O)(=O)N1. The molecule has 10 heteroatoms. The monoisotopic (exact) mass is 369 g/mol. The highest BCUT2D eigenvalue weighted by atomic mass is 32.2. The molecule has 2 heterocycles. The molecule has 0 radical (unpaired) electrons. The Bertz CT molecular complexity index is 809. The highest BCUT2D eigenvalue weighted by Crippen LogP contribution is 2.32. The van der Waals surface area contributed by atoms with E-state index in [9.17, 15) is 23.1 Å². The molecule has 0 bridgehead atoms. The van der Waals surface area contributed by atoms with Crippen LogP contribution < -0.4 is 9.03 Å². The number of hydrogen-bond donors (Lipinski definition) is 3. The van der Waals surface area contributed by atoms with Crippen LogP contribution in [0.5, 0.6) is 5.75 Å². The van der Waals surface area contributed by atoms with Crippen LogP contribution in [0.2, 0.25) is 0 Å². The summed E-state index contributed by atoms with van der Waals surface area (Å²) in [7, 11) is -3.97. The van der Waals surface area contributed by atoms with Crippen molar-refractivity contribution in [3.05, 3.63) is 23.8 Å². The number of phenols is 1. The van der Waals surface area contributed by atoms with E-state index in [2.05, 4.69) is 0 Å². The van der Waals surface area contributed by atoms with Gasteiger partial charge in [0, 0.05) is 13.1 Å². The fraction of sp³-hybridized carbons (Fsp3) is 0.467. The predicted octanol–water partition coefficient (Wildman–Crippen LogP) is 0.506. The number of aromatic hydroxyl groups is 1. The summed E-state index contributed by atoms with van der Waals surface area (Å²) in [6.45, 7) is 0.603. The van der Waals surface area contributed by atoms with Gasteiger partial charge in [0.05, 0.1) is 5.69 Å². The van der Waals surface area contributed by atoms with Crippen molar-refractivity contribution in [1.82, 2.24) is 9.62 Å². The normalized spacial score (nSPS) is 22.7. The first-order valence-electron chi connectivity index (χ1n) is 7.89. The summed E-state index contributed by atoms with van der Waals surface area (Å²) < 4.78 is 26.4. The lowest BCUT2D eigenvalue weighted by Crippen LogP contribution is -2.39. The predicted molar refractivity (Wildman–Crippen MR) is 88.5 cm³/mol. The van der Waals surface area contributed by atoms with E-state index in [0.717, 1.165) is 22.7 Å². The Morgan fingerprint density at radius 2 is 2.12 bits per heavy atom. The summed E-state index contributed by atoms with van der Waals surface area (Å²) in [5.74, 6) is -0.739. The van der Waals surface area contributed by atoms with Crippen molar-refractivity contribution in [1.29, 1.82) is 0 Å². The number of anilines is 1. The van der Waals surface area contributed by atoms with Crippen molar-refractivity contribution in [3.63, 3.8) is 0 Å². The quantitative estimate of drug-likeness (QED) is 0.712. The number of carbonyl (C=O) groups is 2. The highest BCUT2D eigenvalue weighted by molar-refractivity contribution is 7.92. The maximum Gasteiger partial charge on any atom is 0.407 e. The van der Waals surface area contributed by atoms with Crippen LogP contribution in [0.1, 0.15) is 18.4 Å². The Morgan fingerprint density at radius 1 is 1.36 bits per heavy atom. The zero-order valence-corrected chi connectivity index (χ0v) is 14.2. The third-order valence-electron chi connectivity index (χ3n) is 4.44. The molecule has 0 aliphatic carbocycles. The number of hydrogen-bond acceptors (Lipinski definition) is 5. The molecule has 1 aromatic carbocycles. The molecule has 0 aromatic heterocycles. The Morgan fingerprint density at radius 3 is 2.72 bits per heavy atom. The van der Waals surface area contributed by atoms with E-state index in [1.54, 1.807) is 6.07 Å². The van der Waals surface area contributed by atoms with E-state index >= 15 is 0 Å². The summed E-state index contributed by atoms with van der Waals surface area (Å²) in [6.07, 6.45) is 1.34.